The van der Waals surface area contributed by atoms with Crippen LogP contribution in [0.1, 0.15) is 37.9 Å². The lowest BCUT2D eigenvalue weighted by Crippen LogP contribution is -2.34. The minimum Gasteiger partial charge on any atom is -0.497 e. The lowest BCUT2D eigenvalue weighted by molar-refractivity contribution is -0.130. The Balaban J connectivity index is 1.27. The zero-order chi connectivity index (χ0) is 22.9. The van der Waals surface area contributed by atoms with Crippen molar-refractivity contribution in [3.63, 3.8) is 0 Å². The fourth-order valence-corrected chi connectivity index (χ4v) is 4.21. The number of rotatable bonds is 12. The third-order valence-electron chi connectivity index (χ3n) is 5.96. The number of nitrogens with one attached hydrogen (secondary N) is 1. The predicted molar refractivity (Wildman–Crippen MR) is 128 cm³/mol. The van der Waals surface area contributed by atoms with Crippen LogP contribution in [-0.4, -0.2) is 48.4 Å². The molecule has 2 heterocycles. The maximum Gasteiger partial charge on any atom is 0.249 e. The molecule has 0 saturated carbocycles. The standard InChI is InChI=1S/C26H33N3O4/c1-31-20-9-7-10-21(19-20)32-18-16-29-23-12-5-4-11-22(23)28-25(29)14-3-2-6-15-27-26(30)24-13-8-17-33-24/h4-5,7,9-12,19,24H,2-3,6,8,13-18H2,1H3,(H,27,30). The second-order valence-electron chi connectivity index (χ2n) is 8.30. The lowest BCUT2D eigenvalue weighted by Gasteiger charge is -2.12. The second kappa shape index (κ2) is 11.7. The topological polar surface area (TPSA) is 74.6 Å². The molecule has 1 saturated heterocycles. The van der Waals surface area contributed by atoms with E-state index in [4.69, 9.17) is 19.2 Å². The maximum atomic E-state index is 12.0. The third-order valence-corrected chi connectivity index (χ3v) is 5.96. The van der Waals surface area contributed by atoms with Gasteiger partial charge in [0, 0.05) is 25.6 Å². The minimum atomic E-state index is -0.246. The molecular formula is C26H33N3O4. The molecule has 0 aliphatic carbocycles. The van der Waals surface area contributed by atoms with Crippen molar-refractivity contribution in [2.75, 3.05) is 26.9 Å². The van der Waals surface area contributed by atoms with Gasteiger partial charge in [0.05, 0.1) is 24.7 Å². The SMILES string of the molecule is COc1cccc(OCCn2c(CCCCCNC(=O)C3CCCO3)nc3ccccc32)c1. The highest BCUT2D eigenvalue weighted by molar-refractivity contribution is 5.80. The summed E-state index contributed by atoms with van der Waals surface area (Å²) in [5.74, 6) is 2.69. The van der Waals surface area contributed by atoms with E-state index in [1.165, 1.54) is 0 Å². The van der Waals surface area contributed by atoms with E-state index in [1.54, 1.807) is 7.11 Å². The van der Waals surface area contributed by atoms with E-state index in [0.717, 1.165) is 73.4 Å². The number of aromatic nitrogens is 2. The molecular weight excluding hydrogens is 418 g/mol. The molecule has 4 rings (SSSR count). The van der Waals surface area contributed by atoms with Crippen molar-refractivity contribution < 1.29 is 19.0 Å². The predicted octanol–water partition coefficient (Wildman–Crippen LogP) is 4.13. The van der Waals surface area contributed by atoms with Crippen LogP contribution in [0.15, 0.2) is 48.5 Å². The number of para-hydroxylation sites is 2. The number of ether oxygens (including phenoxy) is 3. The molecule has 1 fully saturated rings. The molecule has 7 heteroatoms. The van der Waals surface area contributed by atoms with Crippen molar-refractivity contribution in [3.05, 3.63) is 54.4 Å². The number of nitrogens with zero attached hydrogens (tertiary/aromatic N) is 2. The Morgan fingerprint density at radius 2 is 2.03 bits per heavy atom. The van der Waals surface area contributed by atoms with Crippen LogP contribution in [0.2, 0.25) is 0 Å². The van der Waals surface area contributed by atoms with Gasteiger partial charge in [0.2, 0.25) is 5.91 Å². The van der Waals surface area contributed by atoms with Crippen LogP contribution in [-0.2, 0) is 22.5 Å². The number of aryl methyl sites for hydroxylation is 1. The maximum absolute atomic E-state index is 12.0. The molecule has 0 radical (unpaired) electrons. The highest BCUT2D eigenvalue weighted by Gasteiger charge is 2.22. The zero-order valence-electron chi connectivity index (χ0n) is 19.3. The summed E-state index contributed by atoms with van der Waals surface area (Å²) in [6.07, 6.45) is 5.48. The summed E-state index contributed by atoms with van der Waals surface area (Å²) in [6, 6.07) is 15.9. The van der Waals surface area contributed by atoms with Crippen LogP contribution in [0, 0.1) is 0 Å². The highest BCUT2D eigenvalue weighted by Crippen LogP contribution is 2.21. The van der Waals surface area contributed by atoms with Crippen LogP contribution in [0.5, 0.6) is 11.5 Å². The molecule has 1 aliphatic rings. The molecule has 1 aromatic heterocycles. The zero-order valence-corrected chi connectivity index (χ0v) is 19.3. The van der Waals surface area contributed by atoms with Crippen molar-refractivity contribution in [3.8, 4) is 11.5 Å². The number of carbonyl (C=O) groups is 1. The molecule has 176 valence electrons. The van der Waals surface area contributed by atoms with Gasteiger partial charge < -0.3 is 24.1 Å². The van der Waals surface area contributed by atoms with Gasteiger partial charge in [-0.05, 0) is 49.9 Å². The van der Waals surface area contributed by atoms with E-state index < -0.39 is 0 Å². The van der Waals surface area contributed by atoms with Gasteiger partial charge >= 0.3 is 0 Å². The quantitative estimate of drug-likeness (QED) is 0.419. The summed E-state index contributed by atoms with van der Waals surface area (Å²) >= 11 is 0. The van der Waals surface area contributed by atoms with Crippen molar-refractivity contribution >= 4 is 16.9 Å². The number of carbonyl (C=O) groups excluding carboxylic acids is 1. The molecule has 33 heavy (non-hydrogen) atoms. The monoisotopic (exact) mass is 451 g/mol. The Kier molecular flexibility index (Phi) is 8.19. The van der Waals surface area contributed by atoms with Crippen LogP contribution < -0.4 is 14.8 Å². The summed E-state index contributed by atoms with van der Waals surface area (Å²) in [7, 11) is 1.65. The Hall–Kier alpha value is -3.06. The Morgan fingerprint density at radius 1 is 1.15 bits per heavy atom. The van der Waals surface area contributed by atoms with Crippen molar-refractivity contribution in [1.29, 1.82) is 0 Å². The Morgan fingerprint density at radius 3 is 2.88 bits per heavy atom. The average molecular weight is 452 g/mol. The fraction of sp³-hybridized carbons (Fsp3) is 0.462. The van der Waals surface area contributed by atoms with Gasteiger partial charge in [-0.2, -0.15) is 0 Å². The second-order valence-corrected chi connectivity index (χ2v) is 8.30. The summed E-state index contributed by atoms with van der Waals surface area (Å²) in [5.41, 5.74) is 2.14. The number of benzene rings is 2. The van der Waals surface area contributed by atoms with Gasteiger partial charge in [-0.25, -0.2) is 4.98 Å². The smallest absolute Gasteiger partial charge is 0.249 e. The third kappa shape index (κ3) is 6.26. The number of hydrogen-bond acceptors (Lipinski definition) is 5. The van der Waals surface area contributed by atoms with Crippen molar-refractivity contribution in [2.24, 2.45) is 0 Å². The minimum absolute atomic E-state index is 0.0327. The van der Waals surface area contributed by atoms with Crippen LogP contribution in [0.3, 0.4) is 0 Å². The summed E-state index contributed by atoms with van der Waals surface area (Å²) in [4.78, 5) is 16.9. The summed E-state index contributed by atoms with van der Waals surface area (Å²) in [6.45, 7) is 2.67. The van der Waals surface area contributed by atoms with E-state index >= 15 is 0 Å². The van der Waals surface area contributed by atoms with Gasteiger partial charge in [-0.1, -0.05) is 24.6 Å². The molecule has 3 aromatic rings. The highest BCUT2D eigenvalue weighted by atomic mass is 16.5. The number of unbranched alkanes of at least 4 members (excludes halogenated alkanes) is 2. The summed E-state index contributed by atoms with van der Waals surface area (Å²) in [5, 5.41) is 3.00. The molecule has 1 atom stereocenters. The molecule has 1 amide bonds. The molecule has 1 unspecified atom stereocenters. The van der Waals surface area contributed by atoms with E-state index in [1.807, 2.05) is 36.4 Å². The molecule has 1 N–H and O–H groups in total. The number of hydrogen-bond donors (Lipinski definition) is 1. The number of imidazole rings is 1. The Bertz CT molecular complexity index is 1040. The van der Waals surface area contributed by atoms with Crippen molar-refractivity contribution in [1.82, 2.24) is 14.9 Å². The Labute approximate surface area is 195 Å². The van der Waals surface area contributed by atoms with E-state index in [-0.39, 0.29) is 12.0 Å². The van der Waals surface area contributed by atoms with E-state index in [9.17, 15) is 4.79 Å². The van der Waals surface area contributed by atoms with Gasteiger partial charge in [0.1, 0.15) is 30.0 Å². The number of amides is 1. The van der Waals surface area contributed by atoms with Gasteiger partial charge in [0.25, 0.3) is 0 Å². The molecule has 0 bridgehead atoms. The van der Waals surface area contributed by atoms with Crippen molar-refractivity contribution in [2.45, 2.75) is 51.2 Å². The fourth-order valence-electron chi connectivity index (χ4n) is 4.21. The molecule has 0 spiro atoms. The number of fused-ring (bicyclic) bond motifs is 1. The van der Waals surface area contributed by atoms with E-state index in [2.05, 4.69) is 22.0 Å². The first-order valence-electron chi connectivity index (χ1n) is 11.8. The number of methoxy groups -OCH3 is 1. The lowest BCUT2D eigenvalue weighted by atomic mass is 10.2. The molecule has 1 aliphatic heterocycles. The average Bonchev–Trinajstić information content (AvgIpc) is 3.50. The molecule has 7 nitrogen and oxygen atoms in total. The van der Waals surface area contributed by atoms with Gasteiger partial charge in [-0.3, -0.25) is 4.79 Å². The van der Waals surface area contributed by atoms with Crippen LogP contribution in [0.25, 0.3) is 11.0 Å². The largest absolute Gasteiger partial charge is 0.497 e. The van der Waals surface area contributed by atoms with Crippen LogP contribution in [0.4, 0.5) is 0 Å². The first-order chi connectivity index (χ1) is 16.2. The molecule has 2 aromatic carbocycles. The van der Waals surface area contributed by atoms with Gasteiger partial charge in [-0.15, -0.1) is 0 Å². The summed E-state index contributed by atoms with van der Waals surface area (Å²) < 4.78 is 18.9. The van der Waals surface area contributed by atoms with Gasteiger partial charge in [0.15, 0.2) is 0 Å². The normalized spacial score (nSPS) is 15.6. The van der Waals surface area contributed by atoms with Crippen LogP contribution >= 0.6 is 0 Å². The van der Waals surface area contributed by atoms with E-state index in [0.29, 0.717) is 19.8 Å². The first-order valence-corrected chi connectivity index (χ1v) is 11.8. The first kappa shape index (κ1) is 23.1.